The minimum absolute atomic E-state index is 0.0367. The van der Waals surface area contributed by atoms with Crippen molar-refractivity contribution in [1.82, 2.24) is 24.4 Å². The molecule has 190 valence electrons. The van der Waals surface area contributed by atoms with Gasteiger partial charge in [-0.2, -0.15) is 18.2 Å². The number of halogens is 3. The lowest BCUT2D eigenvalue weighted by atomic mass is 9.94. The van der Waals surface area contributed by atoms with Gasteiger partial charge in [0.05, 0.1) is 35.2 Å². The van der Waals surface area contributed by atoms with Crippen molar-refractivity contribution in [2.75, 3.05) is 17.3 Å². The van der Waals surface area contributed by atoms with E-state index < -0.39 is 11.7 Å². The zero-order chi connectivity index (χ0) is 25.8. The second-order valence-corrected chi connectivity index (χ2v) is 9.86. The number of carbonyl (C=O) groups is 1. The summed E-state index contributed by atoms with van der Waals surface area (Å²) in [6, 6.07) is 6.34. The normalized spacial score (nSPS) is 19.9. The third kappa shape index (κ3) is 4.06. The van der Waals surface area contributed by atoms with E-state index in [1.807, 2.05) is 18.9 Å². The number of nitrogens with zero attached hydrogens (tertiary/aromatic N) is 6. The van der Waals surface area contributed by atoms with Crippen molar-refractivity contribution in [2.45, 2.75) is 57.4 Å². The summed E-state index contributed by atoms with van der Waals surface area (Å²) in [6.07, 6.45) is 2.52. The van der Waals surface area contributed by atoms with Gasteiger partial charge in [-0.25, -0.2) is 14.8 Å². The van der Waals surface area contributed by atoms with Gasteiger partial charge in [0, 0.05) is 25.1 Å². The summed E-state index contributed by atoms with van der Waals surface area (Å²) in [5.74, 6) is 1.17. The highest BCUT2D eigenvalue weighted by Crippen LogP contribution is 2.53. The highest BCUT2D eigenvalue weighted by molar-refractivity contribution is 5.96. The fraction of sp³-hybridized carbons (Fsp3) is 0.440. The highest BCUT2D eigenvalue weighted by Gasteiger charge is 2.64. The molecule has 8 nitrogen and oxygen atoms in total. The molecule has 2 amide bonds. The molecule has 2 fully saturated rings. The molecular weight excluding hydrogens is 471 g/mol. The zero-order valence-corrected chi connectivity index (χ0v) is 20.5. The predicted molar refractivity (Wildman–Crippen MR) is 129 cm³/mol. The molecule has 0 radical (unpaired) electrons. The van der Waals surface area contributed by atoms with Gasteiger partial charge in [-0.05, 0) is 56.0 Å². The maximum atomic E-state index is 13.1. The van der Waals surface area contributed by atoms with E-state index in [9.17, 15) is 18.0 Å². The van der Waals surface area contributed by atoms with Gasteiger partial charge in [0.15, 0.2) is 0 Å². The van der Waals surface area contributed by atoms with Gasteiger partial charge in [-0.3, -0.25) is 4.90 Å². The standard InChI is InChI=1S/C25H28F3N7O/c1-15(2)21-24(10-11-24)33(4)23(36)35(21)20-9-12-29-22(32-20)31-16(3)19-13-34(14-30-19)18-7-5-17(6-8-18)25(26,27)28/h5-9,12-16,21H,10-11H2,1-4H3,(H,29,31,32)/t16-,21?/m0/s1. The Hall–Kier alpha value is -3.63. The second kappa shape index (κ2) is 8.49. The van der Waals surface area contributed by atoms with Gasteiger partial charge in [0.25, 0.3) is 0 Å². The zero-order valence-electron chi connectivity index (χ0n) is 20.5. The smallest absolute Gasteiger partial charge is 0.346 e. The van der Waals surface area contributed by atoms with Crippen LogP contribution in [0.2, 0.25) is 0 Å². The number of alkyl halides is 3. The Morgan fingerprint density at radius 2 is 1.78 bits per heavy atom. The lowest BCUT2D eigenvalue weighted by molar-refractivity contribution is -0.137. The Balaban J connectivity index is 1.33. The number of nitrogens with one attached hydrogen (secondary N) is 1. The summed E-state index contributed by atoms with van der Waals surface area (Å²) < 4.78 is 40.2. The first kappa shape index (κ1) is 24.1. The molecule has 11 heteroatoms. The molecule has 1 saturated carbocycles. The largest absolute Gasteiger partial charge is 0.416 e. The van der Waals surface area contributed by atoms with E-state index in [1.54, 1.807) is 34.3 Å². The SMILES string of the molecule is CC(C)C1N(c2ccnc(N[C@@H](C)c3cn(-c4ccc(C(F)(F)F)cc4)cn3)n2)C(=O)N(C)C12CC2. The Kier molecular flexibility index (Phi) is 5.68. The lowest BCUT2D eigenvalue weighted by Gasteiger charge is -2.29. The van der Waals surface area contributed by atoms with Crippen LogP contribution in [0.25, 0.3) is 5.69 Å². The number of aromatic nitrogens is 4. The van der Waals surface area contributed by atoms with Crippen molar-refractivity contribution in [2.24, 2.45) is 5.92 Å². The molecule has 1 aliphatic carbocycles. The monoisotopic (exact) mass is 499 g/mol. The molecule has 1 aliphatic heterocycles. The lowest BCUT2D eigenvalue weighted by Crippen LogP contribution is -2.43. The van der Waals surface area contributed by atoms with Gasteiger partial charge in [0.1, 0.15) is 5.82 Å². The van der Waals surface area contributed by atoms with Gasteiger partial charge >= 0.3 is 12.2 Å². The summed E-state index contributed by atoms with van der Waals surface area (Å²) >= 11 is 0. The van der Waals surface area contributed by atoms with E-state index in [1.165, 1.54) is 12.1 Å². The first-order valence-electron chi connectivity index (χ1n) is 11.9. The van der Waals surface area contributed by atoms with E-state index in [2.05, 4.69) is 34.1 Å². The van der Waals surface area contributed by atoms with Crippen LogP contribution in [0.3, 0.4) is 0 Å². The third-order valence-corrected chi connectivity index (χ3v) is 7.16. The molecule has 2 aliphatic rings. The predicted octanol–water partition coefficient (Wildman–Crippen LogP) is 5.28. The Morgan fingerprint density at radius 1 is 1.08 bits per heavy atom. The third-order valence-electron chi connectivity index (χ3n) is 7.16. The minimum Gasteiger partial charge on any atom is -0.346 e. The van der Waals surface area contributed by atoms with Crippen molar-refractivity contribution in [1.29, 1.82) is 0 Å². The van der Waals surface area contributed by atoms with Crippen molar-refractivity contribution < 1.29 is 18.0 Å². The fourth-order valence-electron chi connectivity index (χ4n) is 5.17. The van der Waals surface area contributed by atoms with Gasteiger partial charge in [0.2, 0.25) is 5.95 Å². The number of anilines is 2. The van der Waals surface area contributed by atoms with Crippen LogP contribution in [-0.2, 0) is 6.18 Å². The van der Waals surface area contributed by atoms with Crippen LogP contribution in [0.4, 0.5) is 29.7 Å². The summed E-state index contributed by atoms with van der Waals surface area (Å²) in [4.78, 5) is 30.1. The molecule has 1 saturated heterocycles. The first-order valence-corrected chi connectivity index (χ1v) is 11.9. The molecule has 2 aromatic heterocycles. The summed E-state index contributed by atoms with van der Waals surface area (Å²) in [5, 5.41) is 3.22. The number of likely N-dealkylation sites (N-methyl/N-ethyl adjacent to an activating group) is 1. The average molecular weight is 500 g/mol. The van der Waals surface area contributed by atoms with E-state index in [-0.39, 0.29) is 29.6 Å². The number of benzene rings is 1. The molecular formula is C25H28F3N7O. The molecule has 3 heterocycles. The van der Waals surface area contributed by atoms with Crippen molar-refractivity contribution in [3.05, 3.63) is 60.3 Å². The van der Waals surface area contributed by atoms with E-state index in [0.717, 1.165) is 25.0 Å². The van der Waals surface area contributed by atoms with Crippen molar-refractivity contribution >= 4 is 17.8 Å². The number of hydrogen-bond donors (Lipinski definition) is 1. The highest BCUT2D eigenvalue weighted by atomic mass is 19.4. The Labute approximate surface area is 207 Å². The van der Waals surface area contributed by atoms with E-state index in [0.29, 0.717) is 23.1 Å². The van der Waals surface area contributed by atoms with Crippen LogP contribution in [0.15, 0.2) is 49.1 Å². The molecule has 36 heavy (non-hydrogen) atoms. The number of amides is 2. The van der Waals surface area contributed by atoms with Crippen LogP contribution in [0, 0.1) is 5.92 Å². The Bertz CT molecular complexity index is 1270. The number of rotatable bonds is 6. The number of urea groups is 1. The quantitative estimate of drug-likeness (QED) is 0.499. The maximum Gasteiger partial charge on any atom is 0.416 e. The van der Waals surface area contributed by atoms with E-state index >= 15 is 0 Å². The summed E-state index contributed by atoms with van der Waals surface area (Å²) in [6.45, 7) is 6.14. The van der Waals surface area contributed by atoms with Crippen LogP contribution >= 0.6 is 0 Å². The molecule has 0 bridgehead atoms. The Morgan fingerprint density at radius 3 is 2.39 bits per heavy atom. The number of imidazole rings is 1. The molecule has 1 N–H and O–H groups in total. The fourth-order valence-corrected chi connectivity index (χ4v) is 5.17. The van der Waals surface area contributed by atoms with Crippen LogP contribution in [0.5, 0.6) is 0 Å². The van der Waals surface area contributed by atoms with E-state index in [4.69, 9.17) is 0 Å². The first-order chi connectivity index (χ1) is 17.0. The molecule has 5 rings (SSSR count). The molecule has 1 spiro atoms. The van der Waals surface area contributed by atoms with Crippen LogP contribution < -0.4 is 10.2 Å². The van der Waals surface area contributed by atoms with Crippen molar-refractivity contribution in [3.8, 4) is 5.69 Å². The van der Waals surface area contributed by atoms with Gasteiger partial charge in [-0.1, -0.05) is 13.8 Å². The molecule has 2 atom stereocenters. The number of hydrogen-bond acceptors (Lipinski definition) is 5. The van der Waals surface area contributed by atoms with Gasteiger partial charge < -0.3 is 14.8 Å². The summed E-state index contributed by atoms with van der Waals surface area (Å²) in [7, 11) is 1.86. The summed E-state index contributed by atoms with van der Waals surface area (Å²) in [5.41, 5.74) is 0.409. The topological polar surface area (TPSA) is 79.2 Å². The van der Waals surface area contributed by atoms with Gasteiger partial charge in [-0.15, -0.1) is 0 Å². The van der Waals surface area contributed by atoms with Crippen molar-refractivity contribution in [3.63, 3.8) is 0 Å². The molecule has 1 unspecified atom stereocenters. The minimum atomic E-state index is -4.38. The maximum absolute atomic E-state index is 13.1. The van der Waals surface area contributed by atoms with Crippen LogP contribution in [0.1, 0.15) is 50.9 Å². The molecule has 1 aromatic carbocycles. The molecule has 3 aromatic rings. The van der Waals surface area contributed by atoms with Crippen LogP contribution in [-0.4, -0.2) is 49.1 Å². The average Bonchev–Trinajstić information content (AvgIpc) is 3.40. The second-order valence-electron chi connectivity index (χ2n) is 9.86. The number of carbonyl (C=O) groups excluding carboxylic acids is 1.